The third kappa shape index (κ3) is 5.84. The molecular formula is C24H28FN3O4. The highest BCUT2D eigenvalue weighted by Gasteiger charge is 2.34. The predicted octanol–water partition coefficient (Wildman–Crippen LogP) is 3.35. The van der Waals surface area contributed by atoms with E-state index in [1.54, 1.807) is 12.1 Å². The molecule has 1 fully saturated rings. The van der Waals surface area contributed by atoms with E-state index in [0.29, 0.717) is 0 Å². The first-order valence-electron chi connectivity index (χ1n) is 10.8. The number of hydrogen-bond acceptors (Lipinski definition) is 4. The fourth-order valence-electron chi connectivity index (χ4n) is 3.92. The van der Waals surface area contributed by atoms with Gasteiger partial charge in [0.05, 0.1) is 12.8 Å². The summed E-state index contributed by atoms with van der Waals surface area (Å²) in [7, 11) is 0. The fraction of sp³-hybridized carbons (Fsp3) is 0.375. The number of amides is 3. The Hall–Kier alpha value is -3.42. The highest BCUT2D eigenvalue weighted by atomic mass is 19.1. The van der Waals surface area contributed by atoms with E-state index >= 15 is 0 Å². The second kappa shape index (κ2) is 11.3. The Kier molecular flexibility index (Phi) is 8.19. The van der Waals surface area contributed by atoms with E-state index in [9.17, 15) is 18.8 Å². The molecule has 3 rings (SSSR count). The van der Waals surface area contributed by atoms with Gasteiger partial charge in [-0.05, 0) is 31.0 Å². The van der Waals surface area contributed by atoms with Gasteiger partial charge in [-0.2, -0.15) is 0 Å². The number of nitrogens with zero attached hydrogens (tertiary/aromatic N) is 1. The number of carbonyl (C=O) groups excluding carboxylic acids is 3. The van der Waals surface area contributed by atoms with Gasteiger partial charge in [0.25, 0.3) is 5.91 Å². The van der Waals surface area contributed by atoms with Crippen LogP contribution in [-0.2, 0) is 9.59 Å². The Morgan fingerprint density at radius 1 is 1.16 bits per heavy atom. The Labute approximate surface area is 186 Å². The normalized spacial score (nSPS) is 14.9. The van der Waals surface area contributed by atoms with E-state index in [-0.39, 0.29) is 30.5 Å². The highest BCUT2D eigenvalue weighted by Crippen LogP contribution is 2.26. The fourth-order valence-corrected chi connectivity index (χ4v) is 3.92. The molecule has 2 N–H and O–H groups in total. The lowest BCUT2D eigenvalue weighted by Gasteiger charge is -2.33. The van der Waals surface area contributed by atoms with Gasteiger partial charge in [0, 0.05) is 18.2 Å². The molecule has 2 aromatic rings. The molecule has 170 valence electrons. The molecule has 1 atom stereocenters. The summed E-state index contributed by atoms with van der Waals surface area (Å²) in [6, 6.07) is 7.73. The smallest absolute Gasteiger partial charge is 0.287 e. The maximum absolute atomic E-state index is 14.7. The van der Waals surface area contributed by atoms with Crippen molar-refractivity contribution in [3.05, 3.63) is 72.5 Å². The zero-order valence-electron chi connectivity index (χ0n) is 17.9. The van der Waals surface area contributed by atoms with Crippen LogP contribution in [0.3, 0.4) is 0 Å². The second-order valence-electron chi connectivity index (χ2n) is 7.76. The van der Waals surface area contributed by atoms with Crippen molar-refractivity contribution >= 4 is 17.7 Å². The lowest BCUT2D eigenvalue weighted by Crippen LogP contribution is -2.49. The van der Waals surface area contributed by atoms with Crippen molar-refractivity contribution in [2.24, 2.45) is 0 Å². The number of nitrogens with one attached hydrogen (secondary N) is 2. The van der Waals surface area contributed by atoms with Crippen molar-refractivity contribution in [3.63, 3.8) is 0 Å². The average molecular weight is 442 g/mol. The summed E-state index contributed by atoms with van der Waals surface area (Å²) >= 11 is 0. The molecule has 0 bridgehead atoms. The molecule has 1 aliphatic rings. The zero-order chi connectivity index (χ0) is 22.9. The van der Waals surface area contributed by atoms with E-state index in [2.05, 4.69) is 17.2 Å². The molecule has 1 aromatic carbocycles. The van der Waals surface area contributed by atoms with Crippen molar-refractivity contribution in [1.29, 1.82) is 0 Å². The third-order valence-electron chi connectivity index (χ3n) is 5.50. The Morgan fingerprint density at radius 3 is 2.56 bits per heavy atom. The van der Waals surface area contributed by atoms with E-state index in [1.165, 1.54) is 41.5 Å². The molecule has 1 aliphatic carbocycles. The van der Waals surface area contributed by atoms with Crippen molar-refractivity contribution < 1.29 is 23.2 Å². The lowest BCUT2D eigenvalue weighted by atomic mass is 9.94. The van der Waals surface area contributed by atoms with Gasteiger partial charge in [0.1, 0.15) is 11.9 Å². The average Bonchev–Trinajstić information content (AvgIpc) is 3.34. The van der Waals surface area contributed by atoms with E-state index in [4.69, 9.17) is 4.42 Å². The summed E-state index contributed by atoms with van der Waals surface area (Å²) in [4.78, 5) is 39.7. The molecular weight excluding hydrogens is 413 g/mol. The molecule has 3 amide bonds. The van der Waals surface area contributed by atoms with Crippen LogP contribution in [0, 0.1) is 5.82 Å². The molecule has 0 saturated heterocycles. The molecule has 0 spiro atoms. The molecule has 32 heavy (non-hydrogen) atoms. The first kappa shape index (κ1) is 23.2. The number of halogens is 1. The first-order chi connectivity index (χ1) is 15.5. The Bertz CT molecular complexity index is 938. The minimum atomic E-state index is -1.19. The molecule has 0 aliphatic heterocycles. The molecule has 0 radical (unpaired) electrons. The minimum Gasteiger partial charge on any atom is -0.459 e. The topological polar surface area (TPSA) is 91.7 Å². The van der Waals surface area contributed by atoms with E-state index in [0.717, 1.165) is 32.1 Å². The molecule has 0 unspecified atom stereocenters. The summed E-state index contributed by atoms with van der Waals surface area (Å²) < 4.78 is 19.7. The number of benzene rings is 1. The highest BCUT2D eigenvalue weighted by molar-refractivity contribution is 5.95. The van der Waals surface area contributed by atoms with Crippen LogP contribution in [0.2, 0.25) is 0 Å². The van der Waals surface area contributed by atoms with Crippen LogP contribution in [0.5, 0.6) is 0 Å². The predicted molar refractivity (Wildman–Crippen MR) is 117 cm³/mol. The summed E-state index contributed by atoms with van der Waals surface area (Å²) in [5.74, 6) is -2.08. The monoisotopic (exact) mass is 441 g/mol. The maximum atomic E-state index is 14.7. The quantitative estimate of drug-likeness (QED) is 0.584. The number of rotatable bonds is 9. The lowest BCUT2D eigenvalue weighted by molar-refractivity contribution is -0.140. The summed E-state index contributed by atoms with van der Waals surface area (Å²) in [5.41, 5.74) is 0.0911. The second-order valence-corrected chi connectivity index (χ2v) is 7.76. The number of furan rings is 1. The van der Waals surface area contributed by atoms with Crippen molar-refractivity contribution in [1.82, 2.24) is 15.5 Å². The summed E-state index contributed by atoms with van der Waals surface area (Å²) in [6.07, 6.45) is 7.68. The molecule has 1 saturated carbocycles. The van der Waals surface area contributed by atoms with Crippen LogP contribution in [0.1, 0.15) is 54.3 Å². The van der Waals surface area contributed by atoms with Crippen LogP contribution < -0.4 is 10.6 Å². The van der Waals surface area contributed by atoms with E-state index < -0.39 is 29.6 Å². The van der Waals surface area contributed by atoms with Crippen LogP contribution >= 0.6 is 0 Å². The molecule has 8 heteroatoms. The molecule has 1 aromatic heterocycles. The van der Waals surface area contributed by atoms with Crippen LogP contribution in [0.4, 0.5) is 4.39 Å². The van der Waals surface area contributed by atoms with Gasteiger partial charge in [-0.25, -0.2) is 4.39 Å². The Balaban J connectivity index is 1.82. The maximum Gasteiger partial charge on any atom is 0.287 e. The molecule has 7 nitrogen and oxygen atoms in total. The van der Waals surface area contributed by atoms with Crippen LogP contribution in [-0.4, -0.2) is 41.8 Å². The first-order valence-corrected chi connectivity index (χ1v) is 10.8. The van der Waals surface area contributed by atoms with Gasteiger partial charge < -0.3 is 20.0 Å². The third-order valence-corrected chi connectivity index (χ3v) is 5.50. The van der Waals surface area contributed by atoms with Crippen LogP contribution in [0.25, 0.3) is 0 Å². The summed E-state index contributed by atoms with van der Waals surface area (Å²) in [5, 5.41) is 5.47. The van der Waals surface area contributed by atoms with Gasteiger partial charge in [-0.3, -0.25) is 14.4 Å². The van der Waals surface area contributed by atoms with Gasteiger partial charge in [-0.15, -0.1) is 6.58 Å². The standard InChI is InChI=1S/C24H28FN3O4/c1-2-14-28(21(29)16-26-23(30)20-13-8-15-32-20)22(18-11-6-7-12-19(18)25)24(31)27-17-9-4-3-5-10-17/h2,6-8,11-13,15,17,22H,1,3-5,9-10,14,16H2,(H,26,30)(H,27,31)/t22-/m1/s1. The SMILES string of the molecule is C=CCN(C(=O)CNC(=O)c1ccco1)[C@@H](C(=O)NC1CCCCC1)c1ccccc1F. The number of hydrogen-bond donors (Lipinski definition) is 2. The largest absolute Gasteiger partial charge is 0.459 e. The van der Waals surface area contributed by atoms with Gasteiger partial charge in [0.15, 0.2) is 5.76 Å². The van der Waals surface area contributed by atoms with Gasteiger partial charge in [-0.1, -0.05) is 43.5 Å². The summed E-state index contributed by atoms with van der Waals surface area (Å²) in [6.45, 7) is 3.30. The van der Waals surface area contributed by atoms with Crippen LogP contribution in [0.15, 0.2) is 59.7 Å². The van der Waals surface area contributed by atoms with Crippen molar-refractivity contribution in [2.45, 2.75) is 44.2 Å². The van der Waals surface area contributed by atoms with Crippen molar-refractivity contribution in [2.75, 3.05) is 13.1 Å². The van der Waals surface area contributed by atoms with E-state index in [1.807, 2.05) is 0 Å². The van der Waals surface area contributed by atoms with Gasteiger partial charge >= 0.3 is 0 Å². The minimum absolute atomic E-state index is 0.00649. The van der Waals surface area contributed by atoms with Crippen molar-refractivity contribution in [3.8, 4) is 0 Å². The Morgan fingerprint density at radius 2 is 1.91 bits per heavy atom. The zero-order valence-corrected chi connectivity index (χ0v) is 17.9. The molecule has 1 heterocycles. The number of carbonyl (C=O) groups is 3. The van der Waals surface area contributed by atoms with Gasteiger partial charge in [0.2, 0.25) is 11.8 Å².